The molecule has 1 aromatic heterocycles. The van der Waals surface area contributed by atoms with Crippen LogP contribution in [0.3, 0.4) is 0 Å². The van der Waals surface area contributed by atoms with Gasteiger partial charge in [0, 0.05) is 5.69 Å². The van der Waals surface area contributed by atoms with Crippen molar-refractivity contribution in [1.82, 2.24) is 9.97 Å². The van der Waals surface area contributed by atoms with Crippen LogP contribution < -0.4 is 15.4 Å². The molecule has 0 atom stereocenters. The van der Waals surface area contributed by atoms with Gasteiger partial charge in [-0.2, -0.15) is 0 Å². The normalized spacial score (nSPS) is 9.91. The summed E-state index contributed by atoms with van der Waals surface area (Å²) in [5.41, 5.74) is 1.17. The first-order valence-corrected chi connectivity index (χ1v) is 6.97. The standard InChI is InChI=1S/C17H14N4O2/c22-16(20-13-7-3-1-4-8-13)21-14-11-18-17(19-12-14)23-15-9-5-2-6-10-15/h1-12H,(H2,20,21,22). The van der Waals surface area contributed by atoms with E-state index in [0.717, 1.165) is 0 Å². The number of carbonyl (C=O) groups is 1. The average molecular weight is 306 g/mol. The van der Waals surface area contributed by atoms with Crippen LogP contribution in [0.1, 0.15) is 0 Å². The van der Waals surface area contributed by atoms with Gasteiger partial charge in [-0.25, -0.2) is 14.8 Å². The number of urea groups is 1. The average Bonchev–Trinajstić information content (AvgIpc) is 2.58. The summed E-state index contributed by atoms with van der Waals surface area (Å²) in [6, 6.07) is 18.2. The van der Waals surface area contributed by atoms with Crippen molar-refractivity contribution in [3.63, 3.8) is 0 Å². The summed E-state index contributed by atoms with van der Waals surface area (Å²) in [4.78, 5) is 20.0. The molecule has 114 valence electrons. The minimum absolute atomic E-state index is 0.213. The maximum atomic E-state index is 11.8. The number of anilines is 2. The molecule has 0 aliphatic rings. The van der Waals surface area contributed by atoms with Gasteiger partial charge in [-0.15, -0.1) is 0 Å². The van der Waals surface area contributed by atoms with Crippen LogP contribution in [0.15, 0.2) is 73.1 Å². The van der Waals surface area contributed by atoms with Crippen molar-refractivity contribution in [2.45, 2.75) is 0 Å². The highest BCUT2D eigenvalue weighted by molar-refractivity contribution is 5.99. The van der Waals surface area contributed by atoms with Gasteiger partial charge in [-0.1, -0.05) is 36.4 Å². The predicted molar refractivity (Wildman–Crippen MR) is 87.6 cm³/mol. The Labute approximate surface area is 133 Å². The first-order valence-electron chi connectivity index (χ1n) is 6.97. The first kappa shape index (κ1) is 14.5. The Hall–Kier alpha value is -3.41. The summed E-state index contributed by atoms with van der Waals surface area (Å²) < 4.78 is 5.48. The van der Waals surface area contributed by atoms with Crippen molar-refractivity contribution in [2.24, 2.45) is 0 Å². The Morgan fingerprint density at radius 3 is 2.00 bits per heavy atom. The summed E-state index contributed by atoms with van der Waals surface area (Å²) in [5, 5.41) is 5.36. The number of carbonyl (C=O) groups excluding carboxylic acids is 1. The molecular formula is C17H14N4O2. The van der Waals surface area contributed by atoms with Crippen LogP contribution >= 0.6 is 0 Å². The molecule has 3 aromatic rings. The van der Waals surface area contributed by atoms with Crippen LogP contribution in [0.25, 0.3) is 0 Å². The maximum Gasteiger partial charge on any atom is 0.323 e. The van der Waals surface area contributed by atoms with Gasteiger partial charge < -0.3 is 15.4 Å². The molecular weight excluding hydrogens is 292 g/mol. The Kier molecular flexibility index (Phi) is 4.44. The van der Waals surface area contributed by atoms with Crippen LogP contribution in [0.5, 0.6) is 11.8 Å². The molecule has 0 aliphatic carbocycles. The fourth-order valence-corrected chi connectivity index (χ4v) is 1.84. The van der Waals surface area contributed by atoms with Gasteiger partial charge >= 0.3 is 12.0 Å². The highest BCUT2D eigenvalue weighted by atomic mass is 16.5. The Bertz CT molecular complexity index is 762. The largest absolute Gasteiger partial charge is 0.424 e. The third-order valence-corrected chi connectivity index (χ3v) is 2.87. The molecule has 23 heavy (non-hydrogen) atoms. The molecule has 0 fully saturated rings. The summed E-state index contributed by atoms with van der Waals surface area (Å²) >= 11 is 0. The third-order valence-electron chi connectivity index (χ3n) is 2.87. The minimum atomic E-state index is -0.364. The summed E-state index contributed by atoms with van der Waals surface area (Å²) in [5.74, 6) is 0.648. The number of para-hydroxylation sites is 2. The zero-order valence-corrected chi connectivity index (χ0v) is 12.1. The maximum absolute atomic E-state index is 11.8. The van der Waals surface area contributed by atoms with E-state index < -0.39 is 0 Å². The monoisotopic (exact) mass is 306 g/mol. The molecule has 0 aliphatic heterocycles. The molecule has 0 saturated heterocycles. The lowest BCUT2D eigenvalue weighted by Crippen LogP contribution is -2.19. The van der Waals surface area contributed by atoms with E-state index in [4.69, 9.17) is 4.74 Å². The van der Waals surface area contributed by atoms with Gasteiger partial charge in [0.2, 0.25) is 0 Å². The molecule has 0 radical (unpaired) electrons. The van der Waals surface area contributed by atoms with Gasteiger partial charge in [-0.05, 0) is 24.3 Å². The number of aromatic nitrogens is 2. The molecule has 0 unspecified atom stereocenters. The quantitative estimate of drug-likeness (QED) is 0.766. The second-order valence-corrected chi connectivity index (χ2v) is 4.61. The van der Waals surface area contributed by atoms with Crippen molar-refractivity contribution in [1.29, 1.82) is 0 Å². The number of amides is 2. The molecule has 2 aromatic carbocycles. The lowest BCUT2D eigenvalue weighted by Gasteiger charge is -2.07. The van der Waals surface area contributed by atoms with Crippen LogP contribution in [0, 0.1) is 0 Å². The summed E-state index contributed by atoms with van der Waals surface area (Å²) in [7, 11) is 0. The van der Waals surface area contributed by atoms with E-state index in [-0.39, 0.29) is 12.0 Å². The Morgan fingerprint density at radius 1 is 0.783 bits per heavy atom. The van der Waals surface area contributed by atoms with E-state index >= 15 is 0 Å². The fraction of sp³-hybridized carbons (Fsp3) is 0. The number of nitrogens with zero attached hydrogens (tertiary/aromatic N) is 2. The van der Waals surface area contributed by atoms with E-state index in [9.17, 15) is 4.79 Å². The molecule has 6 heteroatoms. The molecule has 2 N–H and O–H groups in total. The number of rotatable bonds is 4. The van der Waals surface area contributed by atoms with Gasteiger partial charge in [0.25, 0.3) is 0 Å². The molecule has 0 saturated carbocycles. The molecule has 1 heterocycles. The van der Waals surface area contributed by atoms with Crippen molar-refractivity contribution >= 4 is 17.4 Å². The number of ether oxygens (including phenoxy) is 1. The SMILES string of the molecule is O=C(Nc1ccccc1)Nc1cnc(Oc2ccccc2)nc1. The number of hydrogen-bond donors (Lipinski definition) is 2. The minimum Gasteiger partial charge on any atom is -0.424 e. The van der Waals surface area contributed by atoms with Gasteiger partial charge in [0.1, 0.15) is 5.75 Å². The topological polar surface area (TPSA) is 76.1 Å². The van der Waals surface area contributed by atoms with Crippen LogP contribution in [-0.4, -0.2) is 16.0 Å². The van der Waals surface area contributed by atoms with E-state index in [1.807, 2.05) is 48.5 Å². The van der Waals surface area contributed by atoms with Crippen LogP contribution in [0.4, 0.5) is 16.2 Å². The van der Waals surface area contributed by atoms with Crippen molar-refractivity contribution in [3.05, 3.63) is 73.1 Å². The second-order valence-electron chi connectivity index (χ2n) is 4.61. The third kappa shape index (κ3) is 4.28. The molecule has 0 bridgehead atoms. The van der Waals surface area contributed by atoms with Crippen LogP contribution in [-0.2, 0) is 0 Å². The lowest BCUT2D eigenvalue weighted by molar-refractivity contribution is 0.262. The van der Waals surface area contributed by atoms with Gasteiger partial charge in [-0.3, -0.25) is 0 Å². The number of hydrogen-bond acceptors (Lipinski definition) is 4. The molecule has 2 amide bonds. The molecule has 0 spiro atoms. The first-order chi connectivity index (χ1) is 11.3. The van der Waals surface area contributed by atoms with Crippen molar-refractivity contribution in [2.75, 3.05) is 10.6 Å². The second kappa shape index (κ2) is 7.04. The molecule has 3 rings (SSSR count). The Morgan fingerprint density at radius 2 is 1.35 bits per heavy atom. The smallest absolute Gasteiger partial charge is 0.323 e. The van der Waals surface area contributed by atoms with Gasteiger partial charge in [0.05, 0.1) is 18.1 Å². The highest BCUT2D eigenvalue weighted by Gasteiger charge is 2.04. The number of nitrogens with one attached hydrogen (secondary N) is 2. The fourth-order valence-electron chi connectivity index (χ4n) is 1.84. The molecule has 6 nitrogen and oxygen atoms in total. The summed E-state index contributed by atoms with van der Waals surface area (Å²) in [6.07, 6.45) is 2.96. The zero-order chi connectivity index (χ0) is 15.9. The van der Waals surface area contributed by atoms with Crippen molar-refractivity contribution < 1.29 is 9.53 Å². The van der Waals surface area contributed by atoms with Gasteiger partial charge in [0.15, 0.2) is 0 Å². The summed E-state index contributed by atoms with van der Waals surface area (Å²) in [6.45, 7) is 0. The highest BCUT2D eigenvalue weighted by Crippen LogP contribution is 2.17. The zero-order valence-electron chi connectivity index (χ0n) is 12.1. The lowest BCUT2D eigenvalue weighted by atomic mass is 10.3. The van der Waals surface area contributed by atoms with Crippen LogP contribution in [0.2, 0.25) is 0 Å². The van der Waals surface area contributed by atoms with Crippen molar-refractivity contribution in [3.8, 4) is 11.8 Å². The van der Waals surface area contributed by atoms with E-state index in [1.54, 1.807) is 12.1 Å². The van der Waals surface area contributed by atoms with E-state index in [1.165, 1.54) is 12.4 Å². The number of benzene rings is 2. The van der Waals surface area contributed by atoms with E-state index in [2.05, 4.69) is 20.6 Å². The van der Waals surface area contributed by atoms with E-state index in [0.29, 0.717) is 17.1 Å². The predicted octanol–water partition coefficient (Wildman–Crippen LogP) is 3.91. The Balaban J connectivity index is 1.58.